The molecule has 33 heavy (non-hydrogen) atoms. The molecule has 0 saturated heterocycles. The highest BCUT2D eigenvalue weighted by Crippen LogP contribution is 2.28. The van der Waals surface area contributed by atoms with Crippen LogP contribution in [0.3, 0.4) is 0 Å². The molecule has 2 heterocycles. The number of nitrogens with zero attached hydrogens (tertiary/aromatic N) is 3. The highest BCUT2D eigenvalue weighted by Gasteiger charge is 2.13. The highest BCUT2D eigenvalue weighted by molar-refractivity contribution is 7.71. The number of thiazole rings is 1. The van der Waals surface area contributed by atoms with Crippen molar-refractivity contribution in [3.8, 4) is 28.4 Å². The van der Waals surface area contributed by atoms with Crippen molar-refractivity contribution < 1.29 is 9.53 Å². The number of amides is 1. The Kier molecular flexibility index (Phi) is 7.00. The monoisotopic (exact) mass is 479 g/mol. The molecule has 0 fully saturated rings. The van der Waals surface area contributed by atoms with Gasteiger partial charge < -0.3 is 10.1 Å². The molecule has 2 aromatic heterocycles. The van der Waals surface area contributed by atoms with Gasteiger partial charge in [-0.25, -0.2) is 4.98 Å². The van der Waals surface area contributed by atoms with Crippen LogP contribution in [-0.2, 0) is 11.3 Å². The fourth-order valence-electron chi connectivity index (χ4n) is 3.56. The van der Waals surface area contributed by atoms with E-state index in [-0.39, 0.29) is 12.3 Å². The van der Waals surface area contributed by atoms with E-state index >= 15 is 0 Å². The number of H-pyrrole nitrogens is 1. The van der Waals surface area contributed by atoms with Crippen LogP contribution < -0.4 is 10.1 Å². The fourth-order valence-corrected chi connectivity index (χ4v) is 4.51. The van der Waals surface area contributed by atoms with Crippen molar-refractivity contribution in [2.45, 2.75) is 33.7 Å². The van der Waals surface area contributed by atoms with Gasteiger partial charge in [-0.05, 0) is 62.8 Å². The van der Waals surface area contributed by atoms with Crippen LogP contribution in [0.2, 0.25) is 0 Å². The van der Waals surface area contributed by atoms with Gasteiger partial charge in [0.2, 0.25) is 5.91 Å². The molecule has 0 aliphatic heterocycles. The quantitative estimate of drug-likeness (QED) is 0.313. The summed E-state index contributed by atoms with van der Waals surface area (Å²) in [6.07, 6.45) is 0.246. The third-order valence-corrected chi connectivity index (χ3v) is 6.22. The summed E-state index contributed by atoms with van der Waals surface area (Å²) in [5.74, 6) is 1.35. The lowest BCUT2D eigenvalue weighted by atomic mass is 10.0. The molecule has 7 nitrogen and oxygen atoms in total. The molecule has 0 aliphatic carbocycles. The Bertz CT molecular complexity index is 1320. The van der Waals surface area contributed by atoms with Crippen molar-refractivity contribution in [1.29, 1.82) is 0 Å². The molecule has 0 radical (unpaired) electrons. The molecule has 2 aromatic carbocycles. The summed E-state index contributed by atoms with van der Waals surface area (Å²) in [6, 6.07) is 13.9. The van der Waals surface area contributed by atoms with Gasteiger partial charge in [0.15, 0.2) is 15.7 Å². The van der Waals surface area contributed by atoms with E-state index in [1.54, 1.807) is 0 Å². The summed E-state index contributed by atoms with van der Waals surface area (Å²) >= 11 is 6.80. The van der Waals surface area contributed by atoms with Gasteiger partial charge >= 0.3 is 0 Å². The Morgan fingerprint density at radius 3 is 2.73 bits per heavy atom. The average molecular weight is 480 g/mol. The largest absolute Gasteiger partial charge is 0.494 e. The Labute approximate surface area is 201 Å². The standard InChI is InChI=1S/C24H25N5O2S2/c1-4-31-18-8-6-17(7-9-18)22-27-28-24(32)29(22)12-11-21(30)26-23-25-20(14-33-23)19-10-5-15(2)13-16(19)3/h5-10,13-14H,4,11-12H2,1-3H3,(H,28,32)(H,25,26,30). The first kappa shape index (κ1) is 22.9. The fraction of sp³-hybridized carbons (Fsp3) is 0.250. The molecular weight excluding hydrogens is 454 g/mol. The Hall–Kier alpha value is -3.30. The summed E-state index contributed by atoms with van der Waals surface area (Å²) in [7, 11) is 0. The van der Waals surface area contributed by atoms with Gasteiger partial charge in [0.1, 0.15) is 5.75 Å². The zero-order chi connectivity index (χ0) is 23.4. The first-order valence-electron chi connectivity index (χ1n) is 10.7. The van der Waals surface area contributed by atoms with Crippen molar-refractivity contribution in [2.24, 2.45) is 0 Å². The minimum absolute atomic E-state index is 0.128. The van der Waals surface area contributed by atoms with Crippen LogP contribution in [0.5, 0.6) is 5.75 Å². The number of aryl methyl sites for hydroxylation is 2. The zero-order valence-corrected chi connectivity index (χ0v) is 20.3. The number of aromatic nitrogens is 4. The number of nitrogens with one attached hydrogen (secondary N) is 2. The molecule has 4 aromatic rings. The first-order valence-corrected chi connectivity index (χ1v) is 11.9. The Morgan fingerprint density at radius 1 is 1.21 bits per heavy atom. The summed E-state index contributed by atoms with van der Waals surface area (Å²) in [5, 5.41) is 12.6. The minimum atomic E-state index is -0.128. The van der Waals surface area contributed by atoms with Crippen molar-refractivity contribution in [3.63, 3.8) is 0 Å². The number of carbonyl (C=O) groups is 1. The van der Waals surface area contributed by atoms with Crippen molar-refractivity contribution in [3.05, 3.63) is 63.7 Å². The molecular formula is C24H25N5O2S2. The van der Waals surface area contributed by atoms with Crippen LogP contribution in [-0.4, -0.2) is 32.3 Å². The normalized spacial score (nSPS) is 10.9. The Balaban J connectivity index is 1.41. The molecule has 2 N–H and O–H groups in total. The van der Waals surface area contributed by atoms with Crippen LogP contribution in [0.4, 0.5) is 5.13 Å². The van der Waals surface area contributed by atoms with Crippen LogP contribution in [0.15, 0.2) is 47.8 Å². The van der Waals surface area contributed by atoms with Crippen LogP contribution in [0, 0.1) is 18.6 Å². The van der Waals surface area contributed by atoms with Gasteiger partial charge in [-0.1, -0.05) is 23.8 Å². The molecule has 0 saturated carbocycles. The van der Waals surface area contributed by atoms with Gasteiger partial charge in [0.25, 0.3) is 0 Å². The van der Waals surface area contributed by atoms with E-state index < -0.39 is 0 Å². The maximum absolute atomic E-state index is 12.6. The third-order valence-electron chi connectivity index (χ3n) is 5.15. The summed E-state index contributed by atoms with van der Waals surface area (Å²) in [4.78, 5) is 17.2. The second-order valence-electron chi connectivity index (χ2n) is 7.62. The smallest absolute Gasteiger partial charge is 0.227 e. The van der Waals surface area contributed by atoms with Crippen molar-refractivity contribution in [2.75, 3.05) is 11.9 Å². The van der Waals surface area contributed by atoms with E-state index in [1.807, 2.05) is 41.1 Å². The number of ether oxygens (including phenoxy) is 1. The topological polar surface area (TPSA) is 84.8 Å². The molecule has 4 rings (SSSR count). The van der Waals surface area contributed by atoms with E-state index in [9.17, 15) is 4.79 Å². The second kappa shape index (κ2) is 10.1. The third kappa shape index (κ3) is 5.37. The SMILES string of the molecule is CCOc1ccc(-c2n[nH]c(=S)n2CCC(=O)Nc2nc(-c3ccc(C)cc3C)cs2)cc1. The summed E-state index contributed by atoms with van der Waals surface area (Å²) in [5.41, 5.74) is 5.20. The number of rotatable bonds is 8. The van der Waals surface area contributed by atoms with E-state index in [0.29, 0.717) is 28.9 Å². The van der Waals surface area contributed by atoms with E-state index in [4.69, 9.17) is 17.0 Å². The van der Waals surface area contributed by atoms with Crippen molar-refractivity contribution >= 4 is 34.6 Å². The maximum atomic E-state index is 12.6. The lowest BCUT2D eigenvalue weighted by Gasteiger charge is -2.08. The van der Waals surface area contributed by atoms with Gasteiger partial charge in [0.05, 0.1) is 12.3 Å². The maximum Gasteiger partial charge on any atom is 0.227 e. The van der Waals surface area contributed by atoms with E-state index in [1.165, 1.54) is 16.9 Å². The lowest BCUT2D eigenvalue weighted by molar-refractivity contribution is -0.116. The number of hydrogen-bond donors (Lipinski definition) is 2. The number of hydrogen-bond acceptors (Lipinski definition) is 6. The molecule has 0 bridgehead atoms. The van der Waals surface area contributed by atoms with Gasteiger partial charge in [-0.2, -0.15) is 5.10 Å². The molecule has 9 heteroatoms. The molecule has 0 spiro atoms. The molecule has 170 valence electrons. The number of carbonyl (C=O) groups excluding carboxylic acids is 1. The minimum Gasteiger partial charge on any atom is -0.494 e. The predicted molar refractivity (Wildman–Crippen MR) is 134 cm³/mol. The van der Waals surface area contributed by atoms with Crippen LogP contribution >= 0.6 is 23.6 Å². The molecule has 0 aliphatic rings. The molecule has 0 atom stereocenters. The second-order valence-corrected chi connectivity index (χ2v) is 8.86. The van der Waals surface area contributed by atoms with Gasteiger partial charge in [-0.3, -0.25) is 14.5 Å². The van der Waals surface area contributed by atoms with Crippen LogP contribution in [0.25, 0.3) is 22.6 Å². The molecule has 0 unspecified atom stereocenters. The summed E-state index contributed by atoms with van der Waals surface area (Å²) in [6.45, 7) is 7.09. The van der Waals surface area contributed by atoms with Crippen LogP contribution in [0.1, 0.15) is 24.5 Å². The zero-order valence-electron chi connectivity index (χ0n) is 18.7. The molecule has 1 amide bonds. The predicted octanol–water partition coefficient (Wildman–Crippen LogP) is 5.78. The first-order chi connectivity index (χ1) is 15.9. The van der Waals surface area contributed by atoms with Crippen molar-refractivity contribution in [1.82, 2.24) is 19.7 Å². The van der Waals surface area contributed by atoms with Gasteiger partial charge in [0, 0.05) is 29.5 Å². The Morgan fingerprint density at radius 2 is 2.00 bits per heavy atom. The van der Waals surface area contributed by atoms with E-state index in [0.717, 1.165) is 28.1 Å². The van der Waals surface area contributed by atoms with Gasteiger partial charge in [-0.15, -0.1) is 11.3 Å². The average Bonchev–Trinajstić information content (AvgIpc) is 3.39. The lowest BCUT2D eigenvalue weighted by Crippen LogP contribution is -2.15. The highest BCUT2D eigenvalue weighted by atomic mass is 32.1. The number of benzene rings is 2. The van der Waals surface area contributed by atoms with E-state index in [2.05, 4.69) is 52.5 Å². The number of aromatic amines is 1. The summed E-state index contributed by atoms with van der Waals surface area (Å²) < 4.78 is 7.79. The number of anilines is 1.